The molecule has 0 atom stereocenters. The fourth-order valence-corrected chi connectivity index (χ4v) is 1.93. The summed E-state index contributed by atoms with van der Waals surface area (Å²) in [5.74, 6) is 0.153. The molecule has 0 amide bonds. The molecule has 1 aromatic heterocycles. The van der Waals surface area contributed by atoms with E-state index in [4.69, 9.17) is 4.52 Å². The Morgan fingerprint density at radius 3 is 2.89 bits per heavy atom. The largest absolute Gasteiger partial charge is 0.356 e. The van der Waals surface area contributed by atoms with E-state index in [1.165, 1.54) is 6.07 Å². The third-order valence-electron chi connectivity index (χ3n) is 2.52. The first-order chi connectivity index (χ1) is 8.58. The number of nitrogens with zero attached hydrogens (tertiary/aromatic N) is 1. The molecule has 0 radical (unpaired) electrons. The predicted octanol–water partition coefficient (Wildman–Crippen LogP) is 3.74. The monoisotopic (exact) mass is 312 g/mol. The molecule has 0 bridgehead atoms. The zero-order chi connectivity index (χ0) is 13.1. The molecule has 0 unspecified atom stereocenters. The molecule has 0 aliphatic carbocycles. The van der Waals surface area contributed by atoms with Crippen molar-refractivity contribution in [3.8, 4) is 11.3 Å². The van der Waals surface area contributed by atoms with Gasteiger partial charge in [0.1, 0.15) is 5.82 Å². The van der Waals surface area contributed by atoms with Crippen LogP contribution in [0.4, 0.5) is 4.39 Å². The Balaban J connectivity index is 2.30. The molecule has 2 rings (SSSR count). The van der Waals surface area contributed by atoms with Crippen molar-refractivity contribution >= 4 is 15.9 Å². The quantitative estimate of drug-likeness (QED) is 0.934. The van der Waals surface area contributed by atoms with Crippen molar-refractivity contribution in [3.63, 3.8) is 0 Å². The van der Waals surface area contributed by atoms with E-state index in [9.17, 15) is 4.39 Å². The predicted molar refractivity (Wildman–Crippen MR) is 71.6 cm³/mol. The Bertz CT molecular complexity index is 540. The van der Waals surface area contributed by atoms with Gasteiger partial charge in [0.2, 0.25) is 0 Å². The van der Waals surface area contributed by atoms with Gasteiger partial charge in [0.15, 0.2) is 5.76 Å². The number of aromatic nitrogens is 1. The molecule has 1 N–H and O–H groups in total. The second-order valence-corrected chi connectivity index (χ2v) is 5.26. The van der Waals surface area contributed by atoms with Crippen LogP contribution in [0.2, 0.25) is 0 Å². The maximum atomic E-state index is 13.9. The summed E-state index contributed by atoms with van der Waals surface area (Å²) in [4.78, 5) is 0. The van der Waals surface area contributed by atoms with Crippen LogP contribution in [0.25, 0.3) is 11.3 Å². The van der Waals surface area contributed by atoms with Gasteiger partial charge in [0.25, 0.3) is 0 Å². The average Bonchev–Trinajstić information content (AvgIpc) is 2.74. The van der Waals surface area contributed by atoms with Crippen LogP contribution >= 0.6 is 15.9 Å². The van der Waals surface area contributed by atoms with Crippen LogP contribution < -0.4 is 5.32 Å². The van der Waals surface area contributed by atoms with Crippen molar-refractivity contribution in [1.82, 2.24) is 10.5 Å². The van der Waals surface area contributed by atoms with E-state index < -0.39 is 0 Å². The van der Waals surface area contributed by atoms with Crippen LogP contribution in [0.3, 0.4) is 0 Å². The Morgan fingerprint density at radius 2 is 2.22 bits per heavy atom. The molecule has 0 aliphatic heterocycles. The smallest absolute Gasteiger partial charge is 0.174 e. The fraction of sp³-hybridized carbons (Fsp3) is 0.308. The second kappa shape index (κ2) is 5.63. The second-order valence-electron chi connectivity index (χ2n) is 4.34. The van der Waals surface area contributed by atoms with Gasteiger partial charge >= 0.3 is 0 Å². The van der Waals surface area contributed by atoms with Gasteiger partial charge in [0, 0.05) is 22.6 Å². The van der Waals surface area contributed by atoms with E-state index >= 15 is 0 Å². The molecule has 0 saturated heterocycles. The van der Waals surface area contributed by atoms with E-state index in [0.717, 1.165) is 5.56 Å². The van der Waals surface area contributed by atoms with Crippen LogP contribution in [0.15, 0.2) is 33.4 Å². The summed E-state index contributed by atoms with van der Waals surface area (Å²) in [5.41, 5.74) is 1.28. The van der Waals surface area contributed by atoms with Gasteiger partial charge in [-0.25, -0.2) is 4.39 Å². The lowest BCUT2D eigenvalue weighted by molar-refractivity contribution is 0.428. The minimum atomic E-state index is -0.327. The van der Waals surface area contributed by atoms with Gasteiger partial charge in [-0.2, -0.15) is 0 Å². The van der Waals surface area contributed by atoms with Crippen molar-refractivity contribution in [2.75, 3.05) is 0 Å². The van der Waals surface area contributed by atoms with Gasteiger partial charge < -0.3 is 9.84 Å². The zero-order valence-electron chi connectivity index (χ0n) is 10.2. The Hall–Kier alpha value is -1.20. The summed E-state index contributed by atoms with van der Waals surface area (Å²) in [5, 5.41) is 7.00. The molecule has 3 nitrogen and oxygen atoms in total. The van der Waals surface area contributed by atoms with Crippen molar-refractivity contribution in [2.24, 2.45) is 0 Å². The van der Waals surface area contributed by atoms with Crippen molar-refractivity contribution in [3.05, 3.63) is 40.2 Å². The van der Waals surface area contributed by atoms with Gasteiger partial charge in [-0.1, -0.05) is 34.9 Å². The van der Waals surface area contributed by atoms with Gasteiger partial charge in [-0.3, -0.25) is 0 Å². The Kier molecular flexibility index (Phi) is 4.14. The molecule has 1 heterocycles. The van der Waals surface area contributed by atoms with Crippen molar-refractivity contribution in [2.45, 2.75) is 26.4 Å². The zero-order valence-corrected chi connectivity index (χ0v) is 11.8. The normalized spacial score (nSPS) is 11.2. The highest BCUT2D eigenvalue weighted by molar-refractivity contribution is 9.10. The highest BCUT2D eigenvalue weighted by Gasteiger charge is 2.15. The van der Waals surface area contributed by atoms with Gasteiger partial charge in [0.05, 0.1) is 11.8 Å². The molecule has 0 fully saturated rings. The Morgan fingerprint density at radius 1 is 1.44 bits per heavy atom. The van der Waals surface area contributed by atoms with E-state index in [-0.39, 0.29) is 5.82 Å². The lowest BCUT2D eigenvalue weighted by Crippen LogP contribution is -2.21. The molecule has 0 aliphatic rings. The minimum absolute atomic E-state index is 0.327. The Labute approximate surface area is 113 Å². The summed E-state index contributed by atoms with van der Waals surface area (Å²) in [7, 11) is 0. The van der Waals surface area contributed by atoms with Gasteiger partial charge in [-0.05, 0) is 18.2 Å². The number of rotatable bonds is 4. The van der Waals surface area contributed by atoms with Crippen LogP contribution in [0.1, 0.15) is 19.4 Å². The number of halogens is 2. The SMILES string of the molecule is CC(C)NCc1cnoc1-c1ccc(Br)cc1F. The summed E-state index contributed by atoms with van der Waals surface area (Å²) >= 11 is 3.23. The van der Waals surface area contributed by atoms with E-state index in [0.29, 0.717) is 28.4 Å². The third-order valence-corrected chi connectivity index (χ3v) is 3.01. The first-order valence-corrected chi connectivity index (χ1v) is 6.49. The number of hydrogen-bond donors (Lipinski definition) is 1. The summed E-state index contributed by atoms with van der Waals surface area (Å²) < 4.78 is 19.7. The van der Waals surface area contributed by atoms with Gasteiger partial charge in [-0.15, -0.1) is 0 Å². The molecule has 5 heteroatoms. The number of nitrogens with one attached hydrogen (secondary N) is 1. The van der Waals surface area contributed by atoms with E-state index in [1.807, 2.05) is 13.8 Å². The molecular formula is C13H14BrFN2O. The van der Waals surface area contributed by atoms with Crippen LogP contribution in [0, 0.1) is 5.82 Å². The fourth-order valence-electron chi connectivity index (χ4n) is 1.60. The lowest BCUT2D eigenvalue weighted by Gasteiger charge is -2.07. The van der Waals surface area contributed by atoms with E-state index in [1.54, 1.807) is 18.3 Å². The third kappa shape index (κ3) is 2.97. The summed E-state index contributed by atoms with van der Waals surface area (Å²) in [6.45, 7) is 4.70. The van der Waals surface area contributed by atoms with Crippen LogP contribution in [-0.2, 0) is 6.54 Å². The van der Waals surface area contributed by atoms with Crippen molar-refractivity contribution in [1.29, 1.82) is 0 Å². The molecule has 1 aromatic carbocycles. The maximum Gasteiger partial charge on any atom is 0.174 e. The van der Waals surface area contributed by atoms with Crippen molar-refractivity contribution < 1.29 is 8.91 Å². The van der Waals surface area contributed by atoms with E-state index in [2.05, 4.69) is 26.4 Å². The molecule has 96 valence electrons. The number of hydrogen-bond acceptors (Lipinski definition) is 3. The lowest BCUT2D eigenvalue weighted by atomic mass is 10.1. The molecular weight excluding hydrogens is 299 g/mol. The highest BCUT2D eigenvalue weighted by atomic mass is 79.9. The highest BCUT2D eigenvalue weighted by Crippen LogP contribution is 2.28. The summed E-state index contributed by atoms with van der Waals surface area (Å²) in [6.07, 6.45) is 1.62. The summed E-state index contributed by atoms with van der Waals surface area (Å²) in [6, 6.07) is 5.22. The maximum absolute atomic E-state index is 13.9. The average molecular weight is 313 g/mol. The molecule has 0 saturated carbocycles. The van der Waals surface area contributed by atoms with Crippen LogP contribution in [0.5, 0.6) is 0 Å². The standard InChI is InChI=1S/C13H14BrFN2O/c1-8(2)16-6-9-7-17-18-13(9)11-4-3-10(14)5-12(11)15/h3-5,7-8,16H,6H2,1-2H3. The van der Waals surface area contributed by atoms with Crippen LogP contribution in [-0.4, -0.2) is 11.2 Å². The molecule has 18 heavy (non-hydrogen) atoms. The topological polar surface area (TPSA) is 38.1 Å². The number of benzene rings is 1. The minimum Gasteiger partial charge on any atom is -0.356 e. The first kappa shape index (κ1) is 13.2. The first-order valence-electron chi connectivity index (χ1n) is 5.70. The molecule has 0 spiro atoms. The molecule has 2 aromatic rings.